The van der Waals surface area contributed by atoms with Gasteiger partial charge in [0.15, 0.2) is 0 Å². The van der Waals surface area contributed by atoms with Crippen LogP contribution in [0.25, 0.3) is 22.0 Å². The first-order valence-electron chi connectivity index (χ1n) is 10.5. The van der Waals surface area contributed by atoms with Crippen molar-refractivity contribution in [2.24, 2.45) is 5.92 Å². The number of anilines is 1. The Morgan fingerprint density at radius 2 is 1.91 bits per heavy atom. The van der Waals surface area contributed by atoms with Crippen molar-refractivity contribution in [2.75, 3.05) is 5.32 Å². The lowest BCUT2D eigenvalue weighted by molar-refractivity contribution is -0.137. The van der Waals surface area contributed by atoms with Crippen molar-refractivity contribution >= 4 is 22.5 Å². The standard InChI is InChI=1S/C24H21F3N4O/c25-24(26,27)19-7-4-15(5-8-19)13-31-14-18(11-29-31)17-6-9-21-20(10-17)22(12-28-21)30-23(32)16-2-1-3-16/h4-12,14,16,28H,1-3,13H2,(H,30,32). The molecule has 2 N–H and O–H groups in total. The predicted molar refractivity (Wildman–Crippen MR) is 116 cm³/mol. The van der Waals surface area contributed by atoms with Crippen LogP contribution in [0.3, 0.4) is 0 Å². The zero-order valence-corrected chi connectivity index (χ0v) is 17.1. The maximum absolute atomic E-state index is 12.7. The van der Waals surface area contributed by atoms with Crippen molar-refractivity contribution in [2.45, 2.75) is 32.0 Å². The molecule has 0 atom stereocenters. The Hall–Kier alpha value is -3.55. The average Bonchev–Trinajstić information content (AvgIpc) is 3.33. The number of carbonyl (C=O) groups is 1. The molecule has 0 aliphatic heterocycles. The van der Waals surface area contributed by atoms with Gasteiger partial charge in [-0.25, -0.2) is 0 Å². The molecule has 2 aromatic heterocycles. The van der Waals surface area contributed by atoms with Crippen LogP contribution in [0, 0.1) is 5.92 Å². The normalized spacial score (nSPS) is 14.5. The molecule has 0 spiro atoms. The molecule has 2 heterocycles. The lowest BCUT2D eigenvalue weighted by atomic mass is 9.85. The number of hydrogen-bond donors (Lipinski definition) is 2. The van der Waals surface area contributed by atoms with Crippen molar-refractivity contribution in [1.82, 2.24) is 14.8 Å². The van der Waals surface area contributed by atoms with Crippen molar-refractivity contribution in [3.8, 4) is 11.1 Å². The maximum Gasteiger partial charge on any atom is 0.416 e. The Balaban J connectivity index is 1.34. The average molecular weight is 438 g/mol. The van der Waals surface area contributed by atoms with Crippen LogP contribution in [0.1, 0.15) is 30.4 Å². The number of carbonyl (C=O) groups excluding carboxylic acids is 1. The molecular weight excluding hydrogens is 417 g/mol. The van der Waals surface area contributed by atoms with Gasteiger partial charge in [0.05, 0.1) is 24.0 Å². The molecule has 1 fully saturated rings. The zero-order chi connectivity index (χ0) is 22.3. The Labute approximate surface area is 182 Å². The molecule has 4 aromatic rings. The van der Waals surface area contributed by atoms with Gasteiger partial charge in [0.1, 0.15) is 0 Å². The summed E-state index contributed by atoms with van der Waals surface area (Å²) in [4.78, 5) is 15.5. The number of hydrogen-bond acceptors (Lipinski definition) is 2. The summed E-state index contributed by atoms with van der Waals surface area (Å²) >= 11 is 0. The Kier molecular flexibility index (Phi) is 5.00. The Bertz CT molecular complexity index is 1270. The number of rotatable bonds is 5. The van der Waals surface area contributed by atoms with E-state index in [2.05, 4.69) is 15.4 Å². The minimum Gasteiger partial charge on any atom is -0.359 e. The second kappa shape index (κ2) is 7.85. The first-order valence-corrected chi connectivity index (χ1v) is 10.5. The lowest BCUT2D eigenvalue weighted by Crippen LogP contribution is -2.27. The molecule has 1 aliphatic carbocycles. The first kappa shape index (κ1) is 20.4. The van der Waals surface area contributed by atoms with E-state index in [9.17, 15) is 18.0 Å². The van der Waals surface area contributed by atoms with E-state index >= 15 is 0 Å². The van der Waals surface area contributed by atoms with Crippen LogP contribution < -0.4 is 5.32 Å². The monoisotopic (exact) mass is 438 g/mol. The van der Waals surface area contributed by atoms with Crippen LogP contribution in [0.2, 0.25) is 0 Å². The number of halogens is 3. The summed E-state index contributed by atoms with van der Waals surface area (Å²) in [5.74, 6) is 0.165. The second-order valence-corrected chi connectivity index (χ2v) is 8.20. The summed E-state index contributed by atoms with van der Waals surface area (Å²) in [6.07, 6.45) is 4.04. The van der Waals surface area contributed by atoms with Gasteiger partial charge in [0, 0.05) is 34.8 Å². The summed E-state index contributed by atoms with van der Waals surface area (Å²) < 4.78 is 39.9. The number of fused-ring (bicyclic) bond motifs is 1. The maximum atomic E-state index is 12.7. The highest BCUT2D eigenvalue weighted by molar-refractivity contribution is 6.03. The molecule has 2 aromatic carbocycles. The number of aromatic amines is 1. The van der Waals surface area contributed by atoms with E-state index in [-0.39, 0.29) is 11.8 Å². The van der Waals surface area contributed by atoms with Crippen molar-refractivity contribution in [3.05, 3.63) is 72.2 Å². The third-order valence-corrected chi connectivity index (χ3v) is 6.01. The molecule has 1 amide bonds. The molecule has 164 valence electrons. The van der Waals surface area contributed by atoms with Crippen molar-refractivity contribution < 1.29 is 18.0 Å². The highest BCUT2D eigenvalue weighted by atomic mass is 19.4. The largest absolute Gasteiger partial charge is 0.416 e. The number of nitrogens with zero attached hydrogens (tertiary/aromatic N) is 2. The van der Waals surface area contributed by atoms with E-state index in [0.29, 0.717) is 6.54 Å². The molecule has 0 unspecified atom stereocenters. The molecule has 0 saturated heterocycles. The molecule has 1 saturated carbocycles. The fourth-order valence-corrected chi connectivity index (χ4v) is 3.89. The number of benzene rings is 2. The summed E-state index contributed by atoms with van der Waals surface area (Å²) in [6, 6.07) is 11.0. The first-order chi connectivity index (χ1) is 15.4. The number of amides is 1. The van der Waals surface area contributed by atoms with Crippen LogP contribution in [-0.2, 0) is 17.5 Å². The SMILES string of the molecule is O=C(Nc1c[nH]c2ccc(-c3cnn(Cc4ccc(C(F)(F)F)cc4)c3)cc12)C1CCC1. The predicted octanol–water partition coefficient (Wildman–Crippen LogP) is 5.84. The van der Waals surface area contributed by atoms with Crippen LogP contribution in [0.4, 0.5) is 18.9 Å². The van der Waals surface area contributed by atoms with Gasteiger partial charge >= 0.3 is 6.18 Å². The number of H-pyrrole nitrogens is 1. The minimum absolute atomic E-state index is 0.0620. The van der Waals surface area contributed by atoms with E-state index in [4.69, 9.17) is 0 Å². The number of aromatic nitrogens is 3. The fraction of sp³-hybridized carbons (Fsp3) is 0.250. The zero-order valence-electron chi connectivity index (χ0n) is 17.1. The van der Waals surface area contributed by atoms with Crippen LogP contribution in [0.5, 0.6) is 0 Å². The Morgan fingerprint density at radius 3 is 2.59 bits per heavy atom. The van der Waals surface area contributed by atoms with Gasteiger partial charge in [0.2, 0.25) is 5.91 Å². The molecule has 5 nitrogen and oxygen atoms in total. The molecule has 32 heavy (non-hydrogen) atoms. The summed E-state index contributed by atoms with van der Waals surface area (Å²) in [7, 11) is 0. The highest BCUT2D eigenvalue weighted by Crippen LogP contribution is 2.32. The van der Waals surface area contributed by atoms with E-state index in [0.717, 1.165) is 64.7 Å². The lowest BCUT2D eigenvalue weighted by Gasteiger charge is -2.23. The van der Waals surface area contributed by atoms with E-state index < -0.39 is 11.7 Å². The topological polar surface area (TPSA) is 62.7 Å². The Morgan fingerprint density at radius 1 is 1.12 bits per heavy atom. The summed E-state index contributed by atoms with van der Waals surface area (Å²) in [5.41, 5.74) is 3.58. The summed E-state index contributed by atoms with van der Waals surface area (Å²) in [5, 5.41) is 8.31. The van der Waals surface area contributed by atoms with Crippen molar-refractivity contribution in [3.63, 3.8) is 0 Å². The van der Waals surface area contributed by atoms with Crippen molar-refractivity contribution in [1.29, 1.82) is 0 Å². The molecule has 0 bridgehead atoms. The number of nitrogens with one attached hydrogen (secondary N) is 2. The quantitative estimate of drug-likeness (QED) is 0.411. The van der Waals surface area contributed by atoms with Crippen LogP contribution in [-0.4, -0.2) is 20.7 Å². The van der Waals surface area contributed by atoms with Gasteiger partial charge in [-0.2, -0.15) is 18.3 Å². The fourth-order valence-electron chi connectivity index (χ4n) is 3.89. The van der Waals surface area contributed by atoms with E-state index in [1.807, 2.05) is 24.4 Å². The van der Waals surface area contributed by atoms with Gasteiger partial charge in [-0.15, -0.1) is 0 Å². The van der Waals surface area contributed by atoms with Gasteiger partial charge in [-0.3, -0.25) is 9.48 Å². The van der Waals surface area contributed by atoms with E-state index in [1.165, 1.54) is 12.1 Å². The minimum atomic E-state index is -4.34. The third kappa shape index (κ3) is 4.00. The van der Waals surface area contributed by atoms with Gasteiger partial charge in [0.25, 0.3) is 0 Å². The molecule has 5 rings (SSSR count). The molecule has 8 heteroatoms. The third-order valence-electron chi connectivity index (χ3n) is 6.01. The van der Waals surface area contributed by atoms with Gasteiger partial charge < -0.3 is 10.3 Å². The second-order valence-electron chi connectivity index (χ2n) is 8.20. The van der Waals surface area contributed by atoms with E-state index in [1.54, 1.807) is 17.1 Å². The molecule has 1 aliphatic rings. The van der Waals surface area contributed by atoms with Gasteiger partial charge in [-0.05, 0) is 48.2 Å². The molecule has 0 radical (unpaired) electrons. The molecular formula is C24H21F3N4O. The number of alkyl halides is 3. The highest BCUT2D eigenvalue weighted by Gasteiger charge is 2.30. The van der Waals surface area contributed by atoms with Gasteiger partial charge in [-0.1, -0.05) is 24.6 Å². The van der Waals surface area contributed by atoms with Crippen LogP contribution in [0.15, 0.2) is 61.1 Å². The smallest absolute Gasteiger partial charge is 0.359 e. The summed E-state index contributed by atoms with van der Waals surface area (Å²) in [6.45, 7) is 0.368. The van der Waals surface area contributed by atoms with Crippen LogP contribution >= 0.6 is 0 Å².